The second-order valence-corrected chi connectivity index (χ2v) is 10.0. The number of nitrogens with zero attached hydrogens (tertiary/aromatic N) is 5. The molecule has 0 aliphatic carbocycles. The van der Waals surface area contributed by atoms with Crippen LogP contribution in [0.5, 0.6) is 5.75 Å². The Morgan fingerprint density at radius 3 is 2.27 bits per heavy atom. The average molecular weight is 509 g/mol. The van der Waals surface area contributed by atoms with Gasteiger partial charge in [0.1, 0.15) is 11.6 Å². The van der Waals surface area contributed by atoms with E-state index in [1.165, 1.54) is 24.8 Å². The Balaban J connectivity index is 0.000000371. The third kappa shape index (κ3) is 9.82. The molecule has 3 rings (SSSR count). The van der Waals surface area contributed by atoms with Crippen LogP contribution in [0.25, 0.3) is 0 Å². The molecule has 1 aromatic carbocycles. The zero-order valence-electron chi connectivity index (χ0n) is 23.7. The van der Waals surface area contributed by atoms with Crippen LogP contribution in [-0.4, -0.2) is 76.2 Å². The van der Waals surface area contributed by atoms with Crippen molar-refractivity contribution in [2.45, 2.75) is 72.5 Å². The van der Waals surface area contributed by atoms with Gasteiger partial charge in [0, 0.05) is 44.0 Å². The zero-order chi connectivity index (χ0) is 27.4. The highest BCUT2D eigenvalue weighted by Crippen LogP contribution is 2.25. The van der Waals surface area contributed by atoms with Gasteiger partial charge in [0.05, 0.1) is 5.71 Å². The number of piperazine rings is 1. The minimum Gasteiger partial charge on any atom is -0.508 e. The smallest absolute Gasteiger partial charge is 0.119 e. The maximum absolute atomic E-state index is 9.42. The van der Waals surface area contributed by atoms with Crippen LogP contribution in [0, 0.1) is 0 Å². The van der Waals surface area contributed by atoms with Crippen LogP contribution in [0.4, 0.5) is 0 Å². The molecule has 204 valence electrons. The molecule has 2 heterocycles. The highest BCUT2D eigenvalue weighted by molar-refractivity contribution is 5.97. The molecule has 2 aliphatic rings. The quantitative estimate of drug-likeness (QED) is 0.219. The molecule has 2 fully saturated rings. The first-order chi connectivity index (χ1) is 17.7. The van der Waals surface area contributed by atoms with Crippen LogP contribution in [0.2, 0.25) is 0 Å². The number of amidine groups is 1. The number of allylic oxidation sites excluding steroid dienone is 3. The fraction of sp³-hybridized carbons (Fsp3) is 0.533. The van der Waals surface area contributed by atoms with Crippen molar-refractivity contribution in [3.63, 3.8) is 0 Å². The lowest BCUT2D eigenvalue weighted by molar-refractivity contribution is 0.0238. The molecule has 3 N–H and O–H groups in total. The third-order valence-electron chi connectivity index (χ3n) is 7.37. The summed E-state index contributed by atoms with van der Waals surface area (Å²) in [4.78, 5) is 7.68. The lowest BCUT2D eigenvalue weighted by atomic mass is 9.97. The molecular formula is C30H48N6O. The Labute approximate surface area is 224 Å². The van der Waals surface area contributed by atoms with E-state index in [0.717, 1.165) is 56.3 Å². The van der Waals surface area contributed by atoms with Gasteiger partial charge in [-0.25, -0.2) is 0 Å². The SMILES string of the molecule is C/C=C(C)/C(C)=N/N=C(\C)N.C=CC(=C)N1CCN(C2CCN(Cc3ccc(O)cc3)CC2)C(CC)C1. The Kier molecular flexibility index (Phi) is 12.6. The maximum atomic E-state index is 9.42. The topological polar surface area (TPSA) is 80.7 Å². The van der Waals surface area contributed by atoms with E-state index in [0.29, 0.717) is 23.7 Å². The summed E-state index contributed by atoms with van der Waals surface area (Å²) in [6.07, 6.45) is 7.55. The van der Waals surface area contributed by atoms with Gasteiger partial charge < -0.3 is 15.7 Å². The highest BCUT2D eigenvalue weighted by atomic mass is 16.3. The van der Waals surface area contributed by atoms with Crippen LogP contribution < -0.4 is 5.73 Å². The molecular weight excluding hydrogens is 460 g/mol. The number of likely N-dealkylation sites (tertiary alicyclic amines) is 1. The summed E-state index contributed by atoms with van der Waals surface area (Å²) >= 11 is 0. The molecule has 0 saturated carbocycles. The number of piperidine rings is 1. The van der Waals surface area contributed by atoms with E-state index < -0.39 is 0 Å². The lowest BCUT2D eigenvalue weighted by Crippen LogP contribution is -2.57. The normalized spacial score (nSPS) is 20.8. The minimum absolute atomic E-state index is 0.344. The number of phenols is 1. The molecule has 0 aromatic heterocycles. The fourth-order valence-corrected chi connectivity index (χ4v) is 4.81. The summed E-state index contributed by atoms with van der Waals surface area (Å²) in [7, 11) is 0. The molecule has 0 amide bonds. The van der Waals surface area contributed by atoms with E-state index in [1.54, 1.807) is 19.1 Å². The molecule has 0 radical (unpaired) electrons. The van der Waals surface area contributed by atoms with Crippen LogP contribution in [0.1, 0.15) is 59.4 Å². The van der Waals surface area contributed by atoms with Crippen LogP contribution in [0.3, 0.4) is 0 Å². The lowest BCUT2D eigenvalue weighted by Gasteiger charge is -2.48. The number of hydrogen-bond donors (Lipinski definition) is 2. The van der Waals surface area contributed by atoms with E-state index in [9.17, 15) is 5.11 Å². The maximum Gasteiger partial charge on any atom is 0.119 e. The van der Waals surface area contributed by atoms with Crippen molar-refractivity contribution in [2.24, 2.45) is 15.9 Å². The molecule has 7 heteroatoms. The predicted molar refractivity (Wildman–Crippen MR) is 158 cm³/mol. The number of rotatable bonds is 8. The molecule has 0 spiro atoms. The van der Waals surface area contributed by atoms with Gasteiger partial charge in [0.2, 0.25) is 0 Å². The number of nitrogens with two attached hydrogens (primary N) is 1. The first-order valence-electron chi connectivity index (χ1n) is 13.5. The number of phenolic OH excluding ortho intramolecular Hbond substituents is 1. The molecule has 1 aromatic rings. The van der Waals surface area contributed by atoms with Gasteiger partial charge in [0.25, 0.3) is 0 Å². The molecule has 37 heavy (non-hydrogen) atoms. The van der Waals surface area contributed by atoms with Crippen molar-refractivity contribution >= 4 is 11.5 Å². The summed E-state index contributed by atoms with van der Waals surface area (Å²) in [5.41, 5.74) is 9.67. The molecule has 1 atom stereocenters. The first-order valence-corrected chi connectivity index (χ1v) is 13.5. The van der Waals surface area contributed by atoms with Crippen LogP contribution in [0.15, 0.2) is 71.0 Å². The van der Waals surface area contributed by atoms with Crippen molar-refractivity contribution in [2.75, 3.05) is 32.7 Å². The summed E-state index contributed by atoms with van der Waals surface area (Å²) in [5.74, 6) is 0.824. The van der Waals surface area contributed by atoms with Gasteiger partial charge in [0.15, 0.2) is 0 Å². The number of benzene rings is 1. The summed E-state index contributed by atoms with van der Waals surface area (Å²) in [6.45, 7) is 24.4. The number of hydrogen-bond acceptors (Lipinski definition) is 6. The van der Waals surface area contributed by atoms with E-state index in [1.807, 2.05) is 45.1 Å². The second kappa shape index (κ2) is 15.4. The molecule has 2 aliphatic heterocycles. The van der Waals surface area contributed by atoms with Gasteiger partial charge in [-0.05, 0) is 89.4 Å². The number of aromatic hydroxyl groups is 1. The van der Waals surface area contributed by atoms with Gasteiger partial charge in [-0.15, -0.1) is 5.10 Å². The largest absolute Gasteiger partial charge is 0.508 e. The molecule has 0 bridgehead atoms. The van der Waals surface area contributed by atoms with E-state index in [-0.39, 0.29) is 0 Å². The summed E-state index contributed by atoms with van der Waals surface area (Å²) in [6, 6.07) is 8.94. The Hall–Kier alpha value is -2.90. The van der Waals surface area contributed by atoms with Gasteiger partial charge in [-0.1, -0.05) is 38.3 Å². The van der Waals surface area contributed by atoms with E-state index in [2.05, 4.69) is 45.0 Å². The van der Waals surface area contributed by atoms with Crippen molar-refractivity contribution in [1.29, 1.82) is 0 Å². The minimum atomic E-state index is 0.344. The third-order valence-corrected chi connectivity index (χ3v) is 7.37. The Morgan fingerprint density at radius 2 is 1.73 bits per heavy atom. The van der Waals surface area contributed by atoms with Crippen molar-refractivity contribution in [3.8, 4) is 5.75 Å². The fourth-order valence-electron chi connectivity index (χ4n) is 4.81. The van der Waals surface area contributed by atoms with Crippen LogP contribution in [-0.2, 0) is 6.54 Å². The summed E-state index contributed by atoms with van der Waals surface area (Å²) < 4.78 is 0. The van der Waals surface area contributed by atoms with Crippen molar-refractivity contribution < 1.29 is 5.11 Å². The Morgan fingerprint density at radius 1 is 1.08 bits per heavy atom. The van der Waals surface area contributed by atoms with Crippen LogP contribution >= 0.6 is 0 Å². The molecule has 1 unspecified atom stereocenters. The molecule has 2 saturated heterocycles. The van der Waals surface area contributed by atoms with Crippen molar-refractivity contribution in [3.05, 3.63) is 66.4 Å². The highest BCUT2D eigenvalue weighted by Gasteiger charge is 2.32. The van der Waals surface area contributed by atoms with Gasteiger partial charge in [-0.2, -0.15) is 5.10 Å². The Bertz CT molecular complexity index is 953. The van der Waals surface area contributed by atoms with Crippen molar-refractivity contribution in [1.82, 2.24) is 14.7 Å². The molecule has 7 nitrogen and oxygen atoms in total. The van der Waals surface area contributed by atoms with E-state index in [4.69, 9.17) is 5.73 Å². The summed E-state index contributed by atoms with van der Waals surface area (Å²) in [5, 5.41) is 17.1. The monoisotopic (exact) mass is 508 g/mol. The average Bonchev–Trinajstić information content (AvgIpc) is 2.92. The zero-order valence-corrected chi connectivity index (χ0v) is 23.7. The first kappa shape index (κ1) is 30.3. The second-order valence-electron chi connectivity index (χ2n) is 10.0. The van der Waals surface area contributed by atoms with Gasteiger partial charge in [-0.3, -0.25) is 9.80 Å². The van der Waals surface area contributed by atoms with Gasteiger partial charge >= 0.3 is 0 Å². The predicted octanol–water partition coefficient (Wildman–Crippen LogP) is 5.16. The standard InChI is InChI=1S/C22H33N3O.C8H15N3/c1-4-18(3)24-14-15-25(20(5-2)17-24)21-10-12-23(13-11-21)16-19-6-8-22(26)9-7-19;1-5-6(2)7(3)10-11-8(4)9/h4,6-9,20-21,26H,1,3,5,10-17H2,2H3;5H,1-4H3,(H2,9,11)/b;6-5+,10-7+. The van der Waals surface area contributed by atoms with E-state index >= 15 is 0 Å².